The standard InChI is InChI=1S/C7H12O2/c8-4-5-1-2-6-7(3-5)9-6/h5-8H,1-4H2/t5-,6-,7+/m0/s1. The van der Waals surface area contributed by atoms with Gasteiger partial charge >= 0.3 is 0 Å². The minimum absolute atomic E-state index is 0.354. The number of ether oxygens (including phenoxy) is 1. The molecule has 0 aromatic rings. The minimum Gasteiger partial charge on any atom is -0.396 e. The largest absolute Gasteiger partial charge is 0.396 e. The maximum absolute atomic E-state index is 8.77. The number of hydrogen-bond donors (Lipinski definition) is 1. The first-order valence-electron chi connectivity index (χ1n) is 3.66. The molecule has 0 amide bonds. The summed E-state index contributed by atoms with van der Waals surface area (Å²) in [5.41, 5.74) is 0. The normalized spacial score (nSPS) is 48.3. The van der Waals surface area contributed by atoms with Crippen molar-refractivity contribution in [2.75, 3.05) is 6.61 Å². The number of aliphatic hydroxyl groups is 1. The fraction of sp³-hybridized carbons (Fsp3) is 1.00. The molecule has 1 saturated heterocycles. The van der Waals surface area contributed by atoms with Crippen molar-refractivity contribution in [3.8, 4) is 0 Å². The molecule has 0 aromatic heterocycles. The Morgan fingerprint density at radius 2 is 2.22 bits per heavy atom. The Morgan fingerprint density at radius 3 is 2.89 bits per heavy atom. The van der Waals surface area contributed by atoms with E-state index in [1.54, 1.807) is 0 Å². The van der Waals surface area contributed by atoms with Gasteiger partial charge in [0.25, 0.3) is 0 Å². The van der Waals surface area contributed by atoms with Gasteiger partial charge in [-0.15, -0.1) is 0 Å². The smallest absolute Gasteiger partial charge is 0.0845 e. The Balaban J connectivity index is 1.86. The second-order valence-corrected chi connectivity index (χ2v) is 3.07. The maximum Gasteiger partial charge on any atom is 0.0845 e. The molecule has 2 fully saturated rings. The first kappa shape index (κ1) is 5.69. The van der Waals surface area contributed by atoms with Gasteiger partial charge in [-0.2, -0.15) is 0 Å². The molecule has 2 rings (SSSR count). The van der Waals surface area contributed by atoms with Crippen molar-refractivity contribution in [3.05, 3.63) is 0 Å². The van der Waals surface area contributed by atoms with Crippen LogP contribution in [-0.2, 0) is 4.74 Å². The average molecular weight is 128 g/mol. The fourth-order valence-electron chi connectivity index (χ4n) is 1.65. The Labute approximate surface area is 54.8 Å². The van der Waals surface area contributed by atoms with Crippen LogP contribution in [0.4, 0.5) is 0 Å². The molecule has 0 spiro atoms. The molecule has 2 aliphatic rings. The lowest BCUT2D eigenvalue weighted by molar-refractivity contribution is 0.197. The van der Waals surface area contributed by atoms with E-state index < -0.39 is 0 Å². The summed E-state index contributed by atoms with van der Waals surface area (Å²) in [6.45, 7) is 0.354. The van der Waals surface area contributed by atoms with Crippen molar-refractivity contribution in [3.63, 3.8) is 0 Å². The van der Waals surface area contributed by atoms with Crippen LogP contribution in [0.1, 0.15) is 19.3 Å². The van der Waals surface area contributed by atoms with Gasteiger partial charge in [-0.05, 0) is 25.2 Å². The van der Waals surface area contributed by atoms with Gasteiger partial charge in [0, 0.05) is 6.61 Å². The third-order valence-electron chi connectivity index (χ3n) is 2.37. The van der Waals surface area contributed by atoms with Crippen LogP contribution in [0.3, 0.4) is 0 Å². The monoisotopic (exact) mass is 128 g/mol. The van der Waals surface area contributed by atoms with Crippen LogP contribution in [0.5, 0.6) is 0 Å². The highest BCUT2D eigenvalue weighted by atomic mass is 16.6. The van der Waals surface area contributed by atoms with Crippen molar-refractivity contribution in [1.29, 1.82) is 0 Å². The summed E-state index contributed by atoms with van der Waals surface area (Å²) in [5.74, 6) is 0.536. The van der Waals surface area contributed by atoms with E-state index in [2.05, 4.69) is 0 Å². The SMILES string of the molecule is OC[C@H]1CC[C@@H]2O[C@@H]2C1. The van der Waals surface area contributed by atoms with Gasteiger partial charge in [0.2, 0.25) is 0 Å². The molecule has 0 radical (unpaired) electrons. The number of aliphatic hydroxyl groups excluding tert-OH is 1. The van der Waals surface area contributed by atoms with E-state index in [-0.39, 0.29) is 0 Å². The van der Waals surface area contributed by atoms with Crippen LogP contribution in [0.2, 0.25) is 0 Å². The van der Waals surface area contributed by atoms with Crippen LogP contribution < -0.4 is 0 Å². The number of fused-ring (bicyclic) bond motifs is 1. The fourth-order valence-corrected chi connectivity index (χ4v) is 1.65. The van der Waals surface area contributed by atoms with Crippen LogP contribution in [-0.4, -0.2) is 23.9 Å². The van der Waals surface area contributed by atoms with Gasteiger partial charge in [0.15, 0.2) is 0 Å². The van der Waals surface area contributed by atoms with Crippen molar-refractivity contribution < 1.29 is 9.84 Å². The predicted molar refractivity (Wildman–Crippen MR) is 33.1 cm³/mol. The highest BCUT2D eigenvalue weighted by Gasteiger charge is 2.43. The van der Waals surface area contributed by atoms with Crippen LogP contribution in [0.25, 0.3) is 0 Å². The van der Waals surface area contributed by atoms with Crippen LogP contribution in [0.15, 0.2) is 0 Å². The Hall–Kier alpha value is -0.0800. The highest BCUT2D eigenvalue weighted by molar-refractivity contribution is 4.91. The average Bonchev–Trinajstić information content (AvgIpc) is 2.64. The van der Waals surface area contributed by atoms with E-state index in [1.165, 1.54) is 6.42 Å². The highest BCUT2D eigenvalue weighted by Crippen LogP contribution is 2.38. The number of epoxide rings is 1. The topological polar surface area (TPSA) is 32.8 Å². The third-order valence-corrected chi connectivity index (χ3v) is 2.37. The second-order valence-electron chi connectivity index (χ2n) is 3.07. The molecule has 2 heteroatoms. The zero-order valence-corrected chi connectivity index (χ0v) is 5.42. The summed E-state index contributed by atoms with van der Waals surface area (Å²) in [7, 11) is 0. The molecule has 3 atom stereocenters. The molecule has 0 bridgehead atoms. The van der Waals surface area contributed by atoms with E-state index in [4.69, 9.17) is 9.84 Å². The molecule has 1 aliphatic carbocycles. The quantitative estimate of drug-likeness (QED) is 0.523. The van der Waals surface area contributed by atoms with Crippen LogP contribution in [0, 0.1) is 5.92 Å². The molecule has 52 valence electrons. The number of rotatable bonds is 1. The summed E-state index contributed by atoms with van der Waals surface area (Å²) in [6, 6.07) is 0. The summed E-state index contributed by atoms with van der Waals surface area (Å²) in [4.78, 5) is 0. The van der Waals surface area contributed by atoms with Crippen molar-refractivity contribution in [2.45, 2.75) is 31.5 Å². The summed E-state index contributed by atoms with van der Waals surface area (Å²) in [5, 5.41) is 8.77. The minimum atomic E-state index is 0.354. The molecule has 0 unspecified atom stereocenters. The third kappa shape index (κ3) is 0.970. The molecule has 2 nitrogen and oxygen atoms in total. The van der Waals surface area contributed by atoms with Gasteiger partial charge in [0.05, 0.1) is 12.2 Å². The van der Waals surface area contributed by atoms with E-state index in [1.807, 2.05) is 0 Å². The zero-order valence-electron chi connectivity index (χ0n) is 5.42. The lowest BCUT2D eigenvalue weighted by Gasteiger charge is -2.14. The van der Waals surface area contributed by atoms with Crippen molar-refractivity contribution in [2.24, 2.45) is 5.92 Å². The van der Waals surface area contributed by atoms with Gasteiger partial charge in [-0.3, -0.25) is 0 Å². The molecular formula is C7H12O2. The van der Waals surface area contributed by atoms with Gasteiger partial charge < -0.3 is 9.84 Å². The summed E-state index contributed by atoms with van der Waals surface area (Å²) < 4.78 is 5.30. The van der Waals surface area contributed by atoms with Gasteiger partial charge in [-0.1, -0.05) is 0 Å². The van der Waals surface area contributed by atoms with E-state index in [9.17, 15) is 0 Å². The first-order valence-corrected chi connectivity index (χ1v) is 3.66. The molecule has 1 saturated carbocycles. The molecule has 1 heterocycles. The van der Waals surface area contributed by atoms with Crippen LogP contribution >= 0.6 is 0 Å². The van der Waals surface area contributed by atoms with E-state index >= 15 is 0 Å². The first-order chi connectivity index (χ1) is 4.40. The Morgan fingerprint density at radius 1 is 1.33 bits per heavy atom. The van der Waals surface area contributed by atoms with E-state index in [0.717, 1.165) is 12.8 Å². The van der Waals surface area contributed by atoms with Crippen molar-refractivity contribution in [1.82, 2.24) is 0 Å². The summed E-state index contributed by atoms with van der Waals surface area (Å²) in [6.07, 6.45) is 4.54. The van der Waals surface area contributed by atoms with E-state index in [0.29, 0.717) is 24.7 Å². The Kier molecular flexibility index (Phi) is 1.24. The Bertz CT molecular complexity index is 113. The summed E-state index contributed by atoms with van der Waals surface area (Å²) >= 11 is 0. The molecule has 0 aromatic carbocycles. The van der Waals surface area contributed by atoms with Gasteiger partial charge in [-0.25, -0.2) is 0 Å². The lowest BCUT2D eigenvalue weighted by Crippen LogP contribution is -2.16. The molecule has 1 N–H and O–H groups in total. The van der Waals surface area contributed by atoms with Gasteiger partial charge in [0.1, 0.15) is 0 Å². The zero-order chi connectivity index (χ0) is 6.27. The van der Waals surface area contributed by atoms with Crippen molar-refractivity contribution >= 4 is 0 Å². The molecule has 9 heavy (non-hydrogen) atoms. The molecule has 1 aliphatic heterocycles. The number of hydrogen-bond acceptors (Lipinski definition) is 2. The predicted octanol–water partition coefficient (Wildman–Crippen LogP) is 0.546. The molecular weight excluding hydrogens is 116 g/mol. The maximum atomic E-state index is 8.77. The second kappa shape index (κ2) is 1.96. The lowest BCUT2D eigenvalue weighted by atomic mass is 9.90.